The Kier molecular flexibility index (Phi) is 6.60. The van der Waals surface area contributed by atoms with E-state index < -0.39 is 5.82 Å². The summed E-state index contributed by atoms with van der Waals surface area (Å²) in [4.78, 5) is 0. The molecule has 0 spiro atoms. The first-order valence-corrected chi connectivity index (χ1v) is 9.86. The molecule has 0 aliphatic heterocycles. The number of anilines is 2. The third-order valence-electron chi connectivity index (χ3n) is 3.53. The largest absolute Gasteiger partial charge is 0.331 e. The maximum Gasteiger partial charge on any atom is 0.176 e. The van der Waals surface area contributed by atoms with Crippen molar-refractivity contribution in [3.8, 4) is 0 Å². The van der Waals surface area contributed by atoms with Gasteiger partial charge in [-0.05, 0) is 52.4 Å². The van der Waals surface area contributed by atoms with Crippen molar-refractivity contribution in [1.82, 2.24) is 9.78 Å². The van der Waals surface area contributed by atoms with Crippen LogP contribution in [0.25, 0.3) is 0 Å². The molecular weight excluding hydrogens is 498 g/mol. The van der Waals surface area contributed by atoms with E-state index in [0.717, 1.165) is 0 Å². The van der Waals surface area contributed by atoms with Crippen LogP contribution in [0, 0.1) is 5.82 Å². The standard InChI is InChI=1S/C17H11BrCl3FN4S/c18-10-8-26(7-9-11(19)3-1-5-13(9)22)25-16(10)24-17(27)23-14-6-2-4-12(20)15(14)21/h1-6,8H,7H2,(H2,23,24,25,27). The van der Waals surface area contributed by atoms with Crippen LogP contribution >= 0.6 is 63.0 Å². The molecule has 0 bridgehead atoms. The smallest absolute Gasteiger partial charge is 0.176 e. The Labute approximate surface area is 183 Å². The van der Waals surface area contributed by atoms with E-state index in [1.807, 2.05) is 0 Å². The molecule has 0 fully saturated rings. The zero-order valence-electron chi connectivity index (χ0n) is 13.4. The van der Waals surface area contributed by atoms with Gasteiger partial charge >= 0.3 is 0 Å². The summed E-state index contributed by atoms with van der Waals surface area (Å²) in [5, 5.41) is 11.7. The molecule has 27 heavy (non-hydrogen) atoms. The van der Waals surface area contributed by atoms with Crippen LogP contribution in [0.4, 0.5) is 15.9 Å². The molecule has 3 aromatic rings. The van der Waals surface area contributed by atoms with E-state index in [0.29, 0.717) is 36.6 Å². The summed E-state index contributed by atoms with van der Waals surface area (Å²) in [5.74, 6) is 0.0644. The van der Waals surface area contributed by atoms with Gasteiger partial charge in [-0.3, -0.25) is 4.68 Å². The zero-order chi connectivity index (χ0) is 19.6. The third-order valence-corrected chi connectivity index (χ3v) is 5.49. The Balaban J connectivity index is 1.73. The summed E-state index contributed by atoms with van der Waals surface area (Å²) >= 11 is 26.9. The van der Waals surface area contributed by atoms with E-state index in [9.17, 15) is 4.39 Å². The predicted octanol–water partition coefficient (Wildman–Crippen LogP) is 6.60. The lowest BCUT2D eigenvalue weighted by Gasteiger charge is -2.11. The van der Waals surface area contributed by atoms with E-state index in [1.54, 1.807) is 41.2 Å². The average molecular weight is 509 g/mol. The molecule has 0 atom stereocenters. The minimum Gasteiger partial charge on any atom is -0.331 e. The van der Waals surface area contributed by atoms with Crippen molar-refractivity contribution in [3.05, 3.63) is 73.5 Å². The molecule has 0 unspecified atom stereocenters. The molecule has 0 aliphatic carbocycles. The van der Waals surface area contributed by atoms with Crippen LogP contribution in [0.15, 0.2) is 47.1 Å². The molecular formula is C17H11BrCl3FN4S. The molecule has 4 nitrogen and oxygen atoms in total. The fourth-order valence-electron chi connectivity index (χ4n) is 2.27. The summed E-state index contributed by atoms with van der Waals surface area (Å²) in [6, 6.07) is 9.71. The van der Waals surface area contributed by atoms with Gasteiger partial charge in [-0.25, -0.2) is 4.39 Å². The number of hydrogen-bond donors (Lipinski definition) is 2. The molecule has 3 rings (SSSR count). The van der Waals surface area contributed by atoms with E-state index in [4.69, 9.17) is 47.0 Å². The van der Waals surface area contributed by atoms with E-state index >= 15 is 0 Å². The summed E-state index contributed by atoms with van der Waals surface area (Å²) < 4.78 is 16.2. The van der Waals surface area contributed by atoms with Crippen LogP contribution < -0.4 is 10.6 Å². The van der Waals surface area contributed by atoms with E-state index in [1.165, 1.54) is 6.07 Å². The quantitative estimate of drug-likeness (QED) is 0.390. The van der Waals surface area contributed by atoms with Crippen molar-refractivity contribution in [1.29, 1.82) is 0 Å². The lowest BCUT2D eigenvalue weighted by atomic mass is 10.2. The summed E-state index contributed by atoms with van der Waals surface area (Å²) in [7, 11) is 0. The van der Waals surface area contributed by atoms with Gasteiger partial charge in [-0.15, -0.1) is 0 Å². The minimum atomic E-state index is -0.392. The number of nitrogens with one attached hydrogen (secondary N) is 2. The zero-order valence-corrected chi connectivity index (χ0v) is 18.1. The average Bonchev–Trinajstić information content (AvgIpc) is 2.95. The van der Waals surface area contributed by atoms with Gasteiger partial charge in [-0.2, -0.15) is 5.10 Å². The van der Waals surface area contributed by atoms with Gasteiger partial charge in [0.05, 0.1) is 26.8 Å². The molecule has 1 aromatic heterocycles. The Morgan fingerprint density at radius 3 is 2.56 bits per heavy atom. The molecule has 0 saturated carbocycles. The summed E-state index contributed by atoms with van der Waals surface area (Å²) in [6.07, 6.45) is 1.69. The number of thiocarbonyl (C=S) groups is 1. The minimum absolute atomic E-state index is 0.173. The second kappa shape index (κ2) is 8.75. The van der Waals surface area contributed by atoms with Crippen molar-refractivity contribution in [2.45, 2.75) is 6.54 Å². The summed E-state index contributed by atoms with van der Waals surface area (Å²) in [5.41, 5.74) is 0.919. The molecule has 0 aliphatic rings. The molecule has 0 amide bonds. The van der Waals surface area contributed by atoms with Gasteiger partial charge in [0.1, 0.15) is 5.82 Å². The summed E-state index contributed by atoms with van der Waals surface area (Å²) in [6.45, 7) is 0.173. The van der Waals surface area contributed by atoms with Crippen molar-refractivity contribution in [2.75, 3.05) is 10.6 Å². The number of halogens is 5. The van der Waals surface area contributed by atoms with Crippen LogP contribution in [-0.2, 0) is 6.54 Å². The van der Waals surface area contributed by atoms with Crippen molar-refractivity contribution < 1.29 is 4.39 Å². The highest BCUT2D eigenvalue weighted by molar-refractivity contribution is 9.10. The maximum atomic E-state index is 14.0. The fraction of sp³-hybridized carbons (Fsp3) is 0.0588. The Hall–Kier alpha value is -1.38. The molecule has 140 valence electrons. The molecule has 10 heteroatoms. The van der Waals surface area contributed by atoms with Crippen molar-refractivity contribution in [2.24, 2.45) is 0 Å². The van der Waals surface area contributed by atoms with Gasteiger partial charge in [0.2, 0.25) is 0 Å². The fourth-order valence-corrected chi connectivity index (χ4v) is 3.46. The molecule has 2 aromatic carbocycles. The van der Waals surface area contributed by atoms with Crippen LogP contribution in [-0.4, -0.2) is 14.9 Å². The van der Waals surface area contributed by atoms with E-state index in [2.05, 4.69) is 31.7 Å². The van der Waals surface area contributed by atoms with Gasteiger partial charge in [0, 0.05) is 16.8 Å². The lowest BCUT2D eigenvalue weighted by Crippen LogP contribution is -2.20. The Morgan fingerprint density at radius 1 is 1.11 bits per heavy atom. The van der Waals surface area contributed by atoms with Gasteiger partial charge < -0.3 is 10.6 Å². The topological polar surface area (TPSA) is 41.9 Å². The second-order valence-corrected chi connectivity index (χ2v) is 7.86. The highest BCUT2D eigenvalue weighted by atomic mass is 79.9. The SMILES string of the molecule is Fc1cccc(Cl)c1Cn1cc(Br)c(NC(=S)Nc2cccc(Cl)c2Cl)n1. The Morgan fingerprint density at radius 2 is 1.81 bits per heavy atom. The number of nitrogens with zero attached hydrogens (tertiary/aromatic N) is 2. The highest BCUT2D eigenvalue weighted by Gasteiger charge is 2.13. The van der Waals surface area contributed by atoms with Crippen LogP contribution in [0.3, 0.4) is 0 Å². The maximum absolute atomic E-state index is 14.0. The van der Waals surface area contributed by atoms with Crippen LogP contribution in [0.5, 0.6) is 0 Å². The Bertz CT molecular complexity index is 992. The normalized spacial score (nSPS) is 10.7. The monoisotopic (exact) mass is 506 g/mol. The number of benzene rings is 2. The predicted molar refractivity (Wildman–Crippen MR) is 117 cm³/mol. The molecule has 2 N–H and O–H groups in total. The second-order valence-electron chi connectivity index (χ2n) is 5.40. The number of aromatic nitrogens is 2. The first-order valence-electron chi connectivity index (χ1n) is 7.53. The number of hydrogen-bond acceptors (Lipinski definition) is 2. The van der Waals surface area contributed by atoms with Crippen LogP contribution in [0.1, 0.15) is 5.56 Å². The molecule has 0 saturated heterocycles. The third kappa shape index (κ3) is 4.92. The number of rotatable bonds is 4. The van der Waals surface area contributed by atoms with Gasteiger partial charge in [-0.1, -0.05) is 46.9 Å². The van der Waals surface area contributed by atoms with Crippen molar-refractivity contribution >= 4 is 79.6 Å². The first-order chi connectivity index (χ1) is 12.8. The first kappa shape index (κ1) is 20.4. The van der Waals surface area contributed by atoms with Gasteiger partial charge in [0.25, 0.3) is 0 Å². The molecule has 0 radical (unpaired) electrons. The van der Waals surface area contributed by atoms with Crippen molar-refractivity contribution in [3.63, 3.8) is 0 Å². The highest BCUT2D eigenvalue weighted by Crippen LogP contribution is 2.30. The van der Waals surface area contributed by atoms with E-state index in [-0.39, 0.29) is 11.7 Å². The molecule has 1 heterocycles. The van der Waals surface area contributed by atoms with Crippen LogP contribution in [0.2, 0.25) is 15.1 Å². The van der Waals surface area contributed by atoms with Gasteiger partial charge in [0.15, 0.2) is 10.9 Å². The lowest BCUT2D eigenvalue weighted by molar-refractivity contribution is 0.586.